The SMILES string of the molecule is CCCOc1ncccc1O[C@@H](c1ccccc1)[C@H]1CCNC1. The Morgan fingerprint density at radius 2 is 2.09 bits per heavy atom. The molecular formula is C19H24N2O2. The van der Waals surface area contributed by atoms with Crippen LogP contribution in [0, 0.1) is 5.92 Å². The summed E-state index contributed by atoms with van der Waals surface area (Å²) < 4.78 is 12.1. The van der Waals surface area contributed by atoms with Crippen molar-refractivity contribution < 1.29 is 9.47 Å². The third kappa shape index (κ3) is 4.02. The van der Waals surface area contributed by atoms with Crippen LogP contribution in [0.15, 0.2) is 48.7 Å². The predicted octanol–water partition coefficient (Wildman–Crippen LogP) is 3.60. The molecule has 2 aromatic rings. The van der Waals surface area contributed by atoms with Crippen molar-refractivity contribution in [2.24, 2.45) is 5.92 Å². The number of benzene rings is 1. The summed E-state index contributed by atoms with van der Waals surface area (Å²) >= 11 is 0. The second-order valence-electron chi connectivity index (χ2n) is 5.86. The van der Waals surface area contributed by atoms with Crippen LogP contribution < -0.4 is 14.8 Å². The Bertz CT molecular complexity index is 597. The van der Waals surface area contributed by atoms with Crippen molar-refractivity contribution in [3.8, 4) is 11.6 Å². The molecule has 1 aromatic carbocycles. The largest absolute Gasteiger partial charge is 0.480 e. The Balaban J connectivity index is 1.84. The lowest BCUT2D eigenvalue weighted by atomic mass is 9.95. The van der Waals surface area contributed by atoms with E-state index in [0.29, 0.717) is 18.4 Å². The summed E-state index contributed by atoms with van der Waals surface area (Å²) in [5, 5.41) is 3.43. The second-order valence-corrected chi connectivity index (χ2v) is 5.86. The van der Waals surface area contributed by atoms with Gasteiger partial charge in [0.15, 0.2) is 5.75 Å². The number of hydrogen-bond donors (Lipinski definition) is 1. The van der Waals surface area contributed by atoms with E-state index in [1.54, 1.807) is 6.20 Å². The molecule has 4 nitrogen and oxygen atoms in total. The molecule has 0 radical (unpaired) electrons. The minimum Gasteiger partial charge on any atom is -0.480 e. The quantitative estimate of drug-likeness (QED) is 0.848. The van der Waals surface area contributed by atoms with Crippen LogP contribution in [0.1, 0.15) is 31.4 Å². The Morgan fingerprint density at radius 1 is 1.22 bits per heavy atom. The molecule has 1 aromatic heterocycles. The summed E-state index contributed by atoms with van der Waals surface area (Å²) in [5.74, 6) is 1.76. The van der Waals surface area contributed by atoms with Crippen molar-refractivity contribution in [1.29, 1.82) is 0 Å². The van der Waals surface area contributed by atoms with Crippen molar-refractivity contribution in [3.63, 3.8) is 0 Å². The number of ether oxygens (including phenoxy) is 2. The minimum absolute atomic E-state index is 0.0133. The highest BCUT2D eigenvalue weighted by Crippen LogP contribution is 2.35. The Labute approximate surface area is 137 Å². The van der Waals surface area contributed by atoms with Gasteiger partial charge in [-0.05, 0) is 37.1 Å². The standard InChI is InChI=1S/C19H24N2O2/c1-2-13-22-19-17(9-6-11-21-19)23-18(16-10-12-20-14-16)15-7-4-3-5-8-15/h3-9,11,16,18,20H,2,10,12-14H2,1H3/t16-,18-/m0/s1. The highest BCUT2D eigenvalue weighted by molar-refractivity contribution is 5.34. The molecule has 0 amide bonds. The van der Waals surface area contributed by atoms with E-state index in [2.05, 4.69) is 41.5 Å². The zero-order valence-corrected chi connectivity index (χ0v) is 13.6. The second kappa shape index (κ2) is 7.97. The molecule has 1 aliphatic rings. The number of pyridine rings is 1. The molecule has 1 fully saturated rings. The van der Waals surface area contributed by atoms with E-state index in [4.69, 9.17) is 9.47 Å². The van der Waals surface area contributed by atoms with E-state index in [1.807, 2.05) is 18.2 Å². The van der Waals surface area contributed by atoms with Crippen LogP contribution in [-0.2, 0) is 0 Å². The van der Waals surface area contributed by atoms with Gasteiger partial charge in [-0.1, -0.05) is 37.3 Å². The molecule has 0 spiro atoms. The van der Waals surface area contributed by atoms with Gasteiger partial charge >= 0.3 is 0 Å². The summed E-state index contributed by atoms with van der Waals surface area (Å²) in [7, 11) is 0. The maximum atomic E-state index is 6.39. The van der Waals surface area contributed by atoms with Crippen LogP contribution in [0.3, 0.4) is 0 Å². The molecule has 0 aliphatic carbocycles. The van der Waals surface area contributed by atoms with Gasteiger partial charge in [0.25, 0.3) is 5.88 Å². The lowest BCUT2D eigenvalue weighted by Gasteiger charge is -2.25. The monoisotopic (exact) mass is 312 g/mol. The van der Waals surface area contributed by atoms with Crippen LogP contribution >= 0.6 is 0 Å². The average molecular weight is 312 g/mol. The van der Waals surface area contributed by atoms with Gasteiger partial charge in [0.1, 0.15) is 6.10 Å². The smallest absolute Gasteiger partial charge is 0.257 e. The van der Waals surface area contributed by atoms with Crippen LogP contribution in [0.5, 0.6) is 11.6 Å². The molecule has 3 rings (SSSR count). The van der Waals surface area contributed by atoms with Crippen molar-refractivity contribution in [3.05, 3.63) is 54.2 Å². The minimum atomic E-state index is 0.0133. The zero-order chi connectivity index (χ0) is 15.9. The van der Waals surface area contributed by atoms with Gasteiger partial charge in [0, 0.05) is 18.7 Å². The first-order chi connectivity index (χ1) is 11.4. The summed E-state index contributed by atoms with van der Waals surface area (Å²) in [6, 6.07) is 14.3. The highest BCUT2D eigenvalue weighted by Gasteiger charge is 2.28. The van der Waals surface area contributed by atoms with E-state index in [-0.39, 0.29) is 6.10 Å². The molecular weight excluding hydrogens is 288 g/mol. The number of aromatic nitrogens is 1. The molecule has 2 atom stereocenters. The van der Waals surface area contributed by atoms with E-state index in [0.717, 1.165) is 31.7 Å². The topological polar surface area (TPSA) is 43.4 Å². The van der Waals surface area contributed by atoms with Gasteiger partial charge in [-0.3, -0.25) is 0 Å². The summed E-state index contributed by atoms with van der Waals surface area (Å²) in [6.45, 7) is 4.75. The third-order valence-electron chi connectivity index (χ3n) is 4.09. The normalized spacial score (nSPS) is 18.6. The summed E-state index contributed by atoms with van der Waals surface area (Å²) in [4.78, 5) is 4.33. The maximum absolute atomic E-state index is 6.39. The van der Waals surface area contributed by atoms with Gasteiger partial charge in [-0.2, -0.15) is 0 Å². The fourth-order valence-electron chi connectivity index (χ4n) is 2.92. The first-order valence-corrected chi connectivity index (χ1v) is 8.38. The lowest BCUT2D eigenvalue weighted by Crippen LogP contribution is -2.21. The van der Waals surface area contributed by atoms with Crippen LogP contribution in [-0.4, -0.2) is 24.7 Å². The molecule has 1 saturated heterocycles. The van der Waals surface area contributed by atoms with Gasteiger partial charge < -0.3 is 14.8 Å². The first-order valence-electron chi connectivity index (χ1n) is 8.38. The fourth-order valence-corrected chi connectivity index (χ4v) is 2.92. The molecule has 0 saturated carbocycles. The van der Waals surface area contributed by atoms with E-state index in [1.165, 1.54) is 5.56 Å². The number of nitrogens with zero attached hydrogens (tertiary/aromatic N) is 1. The average Bonchev–Trinajstić information content (AvgIpc) is 3.13. The Morgan fingerprint density at radius 3 is 2.83 bits per heavy atom. The third-order valence-corrected chi connectivity index (χ3v) is 4.09. The fraction of sp³-hybridized carbons (Fsp3) is 0.421. The van der Waals surface area contributed by atoms with Crippen LogP contribution in [0.2, 0.25) is 0 Å². The molecule has 0 bridgehead atoms. The van der Waals surface area contributed by atoms with E-state index >= 15 is 0 Å². The molecule has 4 heteroatoms. The van der Waals surface area contributed by atoms with E-state index < -0.39 is 0 Å². The summed E-state index contributed by atoms with van der Waals surface area (Å²) in [5.41, 5.74) is 1.20. The van der Waals surface area contributed by atoms with Crippen molar-refractivity contribution >= 4 is 0 Å². The molecule has 0 unspecified atom stereocenters. The molecule has 1 N–H and O–H groups in total. The van der Waals surface area contributed by atoms with Crippen molar-refractivity contribution in [2.75, 3.05) is 19.7 Å². The zero-order valence-electron chi connectivity index (χ0n) is 13.6. The molecule has 1 aliphatic heterocycles. The van der Waals surface area contributed by atoms with Gasteiger partial charge in [-0.25, -0.2) is 4.98 Å². The number of rotatable bonds is 7. The van der Waals surface area contributed by atoms with Gasteiger partial charge in [0.05, 0.1) is 6.61 Å². The Hall–Kier alpha value is -2.07. The van der Waals surface area contributed by atoms with Crippen molar-refractivity contribution in [2.45, 2.75) is 25.9 Å². The Kier molecular flexibility index (Phi) is 5.48. The number of hydrogen-bond acceptors (Lipinski definition) is 4. The van der Waals surface area contributed by atoms with E-state index in [9.17, 15) is 0 Å². The molecule has 122 valence electrons. The van der Waals surface area contributed by atoms with Gasteiger partial charge in [0.2, 0.25) is 0 Å². The lowest BCUT2D eigenvalue weighted by molar-refractivity contribution is 0.135. The highest BCUT2D eigenvalue weighted by atomic mass is 16.5. The molecule has 23 heavy (non-hydrogen) atoms. The maximum Gasteiger partial charge on any atom is 0.257 e. The number of nitrogens with one attached hydrogen (secondary N) is 1. The van der Waals surface area contributed by atoms with Gasteiger partial charge in [-0.15, -0.1) is 0 Å². The van der Waals surface area contributed by atoms with Crippen LogP contribution in [0.25, 0.3) is 0 Å². The predicted molar refractivity (Wildman–Crippen MR) is 90.8 cm³/mol. The summed E-state index contributed by atoms with van der Waals surface area (Å²) in [6.07, 6.45) is 3.82. The first kappa shape index (κ1) is 15.8. The van der Waals surface area contributed by atoms with Crippen LogP contribution in [0.4, 0.5) is 0 Å². The molecule has 2 heterocycles. The van der Waals surface area contributed by atoms with Crippen molar-refractivity contribution in [1.82, 2.24) is 10.3 Å².